The molecule has 4 aliphatic carbocycles. The molecule has 0 bridgehead atoms. The lowest BCUT2D eigenvalue weighted by Gasteiger charge is -2.33. The molecular weight excluding hydrogens is 1130 g/mol. The molecule has 0 saturated heterocycles. The van der Waals surface area contributed by atoms with Crippen LogP contribution in [0.5, 0.6) is 23.0 Å². The zero-order valence-electron chi connectivity index (χ0n) is 52.0. The fraction of sp³-hybridized carbons (Fsp3) is 0.394. The molecule has 0 heterocycles. The highest BCUT2D eigenvalue weighted by molar-refractivity contribution is 6.02. The number of benzene rings is 4. The lowest BCUT2D eigenvalue weighted by atomic mass is 9.77. The summed E-state index contributed by atoms with van der Waals surface area (Å²) in [5.74, 6) is 0.770. The first kappa shape index (κ1) is 69.2. The summed E-state index contributed by atoms with van der Waals surface area (Å²) in [6.45, 7) is 7.74. The number of carboxylic acids is 4. The standard InChI is InChI=1S/C18H24N2O4.C17H22N2O3.C16H20N2O4.C15H18N2O3/c1-18(2)9-14(19-11-16(21)22)17(24-4)15(10-18)20-12-5-7-13(23-3)8-6-12;1-17(2)9-13(18-11-16(20)21)8-14(10-17)19-12-4-6-15(22-3)7-5-12;1-21-12-8-6-11(7-9-12)18-14-5-3-4-13(16(14)22-2)17-10-15(19)20;1-20-14-7-5-11(6-8-14)17-13-4-2-3-12(9-13)16-10-15(18)19/h5-8,20H,9-11H2,1-4H3,(H,21,22);4-8,19H,9-11H2,1-3H3,(H,20,21);6-9,18H,3-5,10H2,1-2H3,(H,19,20);5-9,17H,2-4,10H2,1H3,(H,18,19). The summed E-state index contributed by atoms with van der Waals surface area (Å²) in [5, 5.41) is 48.5. The Bertz CT molecular complexity index is 3250. The number of nitrogens with one attached hydrogen (secondary N) is 4. The Hall–Kier alpha value is -9.60. The number of hydrogen-bond acceptors (Lipinski definition) is 18. The summed E-state index contributed by atoms with van der Waals surface area (Å²) < 4.78 is 31.5. The summed E-state index contributed by atoms with van der Waals surface area (Å²) in [6, 6.07) is 30.6. The maximum atomic E-state index is 10.8. The van der Waals surface area contributed by atoms with E-state index in [9.17, 15) is 19.2 Å². The molecule has 0 saturated carbocycles. The van der Waals surface area contributed by atoms with Gasteiger partial charge in [-0.25, -0.2) is 0 Å². The smallest absolute Gasteiger partial charge is 0.325 e. The quantitative estimate of drug-likeness (QED) is 0.0363. The van der Waals surface area contributed by atoms with Gasteiger partial charge in [0, 0.05) is 45.6 Å². The summed E-state index contributed by atoms with van der Waals surface area (Å²) in [4.78, 5) is 59.3. The van der Waals surface area contributed by atoms with E-state index in [1.807, 2.05) is 109 Å². The van der Waals surface area contributed by atoms with E-state index in [4.69, 9.17) is 48.8 Å². The van der Waals surface area contributed by atoms with Gasteiger partial charge in [0.25, 0.3) is 0 Å². The van der Waals surface area contributed by atoms with E-state index < -0.39 is 23.9 Å². The summed E-state index contributed by atoms with van der Waals surface area (Å²) >= 11 is 0. The maximum Gasteiger partial charge on any atom is 0.325 e. The van der Waals surface area contributed by atoms with E-state index in [0.29, 0.717) is 29.4 Å². The van der Waals surface area contributed by atoms with Crippen LogP contribution in [0.3, 0.4) is 0 Å². The normalized spacial score (nSPS) is 17.6. The monoisotopic (exact) mass is 1210 g/mol. The van der Waals surface area contributed by atoms with Crippen molar-refractivity contribution in [2.45, 2.75) is 91.9 Å². The van der Waals surface area contributed by atoms with Crippen molar-refractivity contribution < 1.29 is 68.0 Å². The average Bonchev–Trinajstić information content (AvgIpc) is 2.75. The first-order valence-electron chi connectivity index (χ1n) is 28.6. The minimum Gasteiger partial charge on any atom is -0.497 e. The first-order valence-corrected chi connectivity index (χ1v) is 28.6. The number of carbonyl (C=O) groups is 4. The number of allylic oxidation sites excluding steroid dienone is 8. The highest BCUT2D eigenvalue weighted by Gasteiger charge is 2.33. The molecule has 8 N–H and O–H groups in total. The van der Waals surface area contributed by atoms with Crippen LogP contribution in [-0.4, -0.2) is 136 Å². The predicted octanol–water partition coefficient (Wildman–Crippen LogP) is 12.0. The van der Waals surface area contributed by atoms with Crippen LogP contribution in [0.4, 0.5) is 22.7 Å². The van der Waals surface area contributed by atoms with Crippen molar-refractivity contribution in [3.63, 3.8) is 0 Å². The lowest BCUT2D eigenvalue weighted by Crippen LogP contribution is -2.29. The number of aliphatic carboxylic acids is 4. The molecule has 0 fully saturated rings. The van der Waals surface area contributed by atoms with E-state index in [0.717, 1.165) is 138 Å². The minimum absolute atomic E-state index is 0.0336. The van der Waals surface area contributed by atoms with E-state index >= 15 is 0 Å². The third-order valence-electron chi connectivity index (χ3n) is 13.7. The number of anilines is 4. The van der Waals surface area contributed by atoms with Crippen LogP contribution in [0.15, 0.2) is 163 Å². The molecule has 4 aromatic rings. The van der Waals surface area contributed by atoms with Gasteiger partial charge in [0.15, 0.2) is 11.5 Å². The van der Waals surface area contributed by atoms with Crippen LogP contribution in [0.1, 0.15) is 91.9 Å². The number of nitrogens with zero attached hydrogens (tertiary/aromatic N) is 4. The van der Waals surface area contributed by atoms with Crippen LogP contribution >= 0.6 is 0 Å². The molecule has 4 aliphatic rings. The van der Waals surface area contributed by atoms with Crippen LogP contribution in [-0.2, 0) is 28.7 Å². The van der Waals surface area contributed by atoms with Crippen LogP contribution in [0.25, 0.3) is 0 Å². The highest BCUT2D eigenvalue weighted by atomic mass is 16.5. The molecular formula is C66H84N8O14. The first-order chi connectivity index (χ1) is 42.0. The van der Waals surface area contributed by atoms with Crippen molar-refractivity contribution in [1.29, 1.82) is 0 Å². The van der Waals surface area contributed by atoms with Gasteiger partial charge in [0.2, 0.25) is 0 Å². The Morgan fingerprint density at radius 2 is 0.750 bits per heavy atom. The van der Waals surface area contributed by atoms with E-state index in [2.05, 4.69) is 68.9 Å². The van der Waals surface area contributed by atoms with Gasteiger partial charge in [-0.1, -0.05) is 27.7 Å². The second-order valence-electron chi connectivity index (χ2n) is 22.2. The number of aliphatic imine (C=N–C) groups is 4. The molecule has 0 aliphatic heterocycles. The topological polar surface area (TPSA) is 302 Å². The average molecular weight is 1210 g/mol. The molecule has 0 unspecified atom stereocenters. The Morgan fingerprint density at radius 3 is 1.19 bits per heavy atom. The lowest BCUT2D eigenvalue weighted by molar-refractivity contribution is -0.136. The van der Waals surface area contributed by atoms with E-state index in [1.165, 1.54) is 0 Å². The predicted molar refractivity (Wildman–Crippen MR) is 344 cm³/mol. The van der Waals surface area contributed by atoms with Gasteiger partial charge < -0.3 is 70.1 Å². The van der Waals surface area contributed by atoms with Gasteiger partial charge in [-0.2, -0.15) is 0 Å². The minimum atomic E-state index is -0.953. The highest BCUT2D eigenvalue weighted by Crippen LogP contribution is 2.39. The number of hydrogen-bond donors (Lipinski definition) is 8. The van der Waals surface area contributed by atoms with Gasteiger partial charge in [-0.3, -0.25) is 39.1 Å². The Morgan fingerprint density at radius 1 is 0.386 bits per heavy atom. The van der Waals surface area contributed by atoms with Crippen LogP contribution in [0, 0.1) is 10.8 Å². The van der Waals surface area contributed by atoms with Crippen molar-refractivity contribution in [3.05, 3.63) is 144 Å². The molecule has 8 rings (SSSR count). The van der Waals surface area contributed by atoms with Crippen LogP contribution < -0.4 is 40.2 Å². The third kappa shape index (κ3) is 24.0. The number of methoxy groups -OCH3 is 6. The molecule has 22 heteroatoms. The second kappa shape index (κ2) is 34.5. The third-order valence-corrected chi connectivity index (χ3v) is 13.7. The van der Waals surface area contributed by atoms with Gasteiger partial charge >= 0.3 is 23.9 Å². The molecule has 4 aromatic carbocycles. The zero-order valence-corrected chi connectivity index (χ0v) is 52.0. The summed E-state index contributed by atoms with van der Waals surface area (Å²) in [5.41, 5.74) is 10.8. The Kier molecular flexibility index (Phi) is 27.1. The second-order valence-corrected chi connectivity index (χ2v) is 22.2. The molecule has 0 radical (unpaired) electrons. The van der Waals surface area contributed by atoms with E-state index in [1.54, 1.807) is 42.7 Å². The molecule has 0 amide bonds. The Labute approximate surface area is 514 Å². The van der Waals surface area contributed by atoms with Crippen molar-refractivity contribution >= 4 is 69.5 Å². The van der Waals surface area contributed by atoms with Crippen molar-refractivity contribution in [2.75, 3.05) is 90.1 Å². The Balaban J connectivity index is 0.000000214. The zero-order chi connectivity index (χ0) is 64.2. The van der Waals surface area contributed by atoms with Gasteiger partial charge in [0.1, 0.15) is 49.2 Å². The van der Waals surface area contributed by atoms with Gasteiger partial charge in [-0.15, -0.1) is 0 Å². The van der Waals surface area contributed by atoms with E-state index in [-0.39, 0.29) is 37.0 Å². The fourth-order valence-electron chi connectivity index (χ4n) is 9.81. The van der Waals surface area contributed by atoms with Crippen molar-refractivity contribution in [3.8, 4) is 23.0 Å². The number of carboxylic acid groups (broad SMARTS) is 4. The largest absolute Gasteiger partial charge is 0.497 e. The molecule has 472 valence electrons. The molecule has 0 spiro atoms. The van der Waals surface area contributed by atoms with Crippen LogP contribution in [0.2, 0.25) is 0 Å². The SMILES string of the molecule is COC1=C(Nc2ccc(OC)cc2)CC(C)(C)CC1=NCC(=O)O.COC1=C(Nc2ccc(OC)cc2)CCCC1=NCC(=O)O.COc1ccc(NC2=CC(=NCC(=O)O)CC(C)(C)C2)cc1.COc1ccc(NC2=CC(=NCC(=O)O)CCC2)cc1. The maximum absolute atomic E-state index is 10.8. The number of rotatable bonds is 22. The number of ether oxygens (including phenoxy) is 6. The van der Waals surface area contributed by atoms with Crippen molar-refractivity contribution in [2.24, 2.45) is 30.8 Å². The molecule has 0 atom stereocenters. The molecule has 88 heavy (non-hydrogen) atoms. The fourth-order valence-corrected chi connectivity index (χ4v) is 9.81. The summed E-state index contributed by atoms with van der Waals surface area (Å²) in [7, 11) is 9.69. The molecule has 22 nitrogen and oxygen atoms in total. The molecule has 0 aromatic heterocycles. The van der Waals surface area contributed by atoms with Gasteiger partial charge in [-0.05, 0) is 184 Å². The van der Waals surface area contributed by atoms with Gasteiger partial charge in [0.05, 0.1) is 65.5 Å². The van der Waals surface area contributed by atoms with Crippen molar-refractivity contribution in [1.82, 2.24) is 0 Å². The summed E-state index contributed by atoms with van der Waals surface area (Å²) in [6.07, 6.45) is 12.3.